The summed E-state index contributed by atoms with van der Waals surface area (Å²) in [6, 6.07) is 13.7. The molecule has 1 N–H and O–H groups in total. The fraction of sp³-hybridized carbons (Fsp3) is 0.391. The van der Waals surface area contributed by atoms with Gasteiger partial charge in [-0.2, -0.15) is 0 Å². The maximum Gasteiger partial charge on any atom is 0.242 e. The molecular formula is C23H28BrFN2O2S. The van der Waals surface area contributed by atoms with Crippen LogP contribution in [0.25, 0.3) is 0 Å². The van der Waals surface area contributed by atoms with Crippen LogP contribution in [0.3, 0.4) is 0 Å². The second-order valence-electron chi connectivity index (χ2n) is 7.06. The molecular weight excluding hydrogens is 467 g/mol. The van der Waals surface area contributed by atoms with Gasteiger partial charge in [0.2, 0.25) is 11.8 Å². The van der Waals surface area contributed by atoms with E-state index < -0.39 is 6.04 Å². The molecule has 7 heteroatoms. The highest BCUT2D eigenvalue weighted by Crippen LogP contribution is 2.19. The average Bonchev–Trinajstić information content (AvgIpc) is 2.73. The lowest BCUT2D eigenvalue weighted by Gasteiger charge is -2.29. The minimum absolute atomic E-state index is 0.144. The lowest BCUT2D eigenvalue weighted by molar-refractivity contribution is -0.138. The number of unbranched alkanes of at least 4 members (excludes halogenated alkanes) is 1. The zero-order valence-corrected chi connectivity index (χ0v) is 19.8. The fourth-order valence-corrected chi connectivity index (χ4v) is 4.24. The van der Waals surface area contributed by atoms with Crippen molar-refractivity contribution in [2.24, 2.45) is 0 Å². The van der Waals surface area contributed by atoms with Crippen molar-refractivity contribution >= 4 is 39.5 Å². The number of thioether (sulfide) groups is 1. The minimum Gasteiger partial charge on any atom is -0.354 e. The van der Waals surface area contributed by atoms with Crippen LogP contribution in [0.2, 0.25) is 0 Å². The maximum atomic E-state index is 13.8. The number of amides is 2. The molecule has 30 heavy (non-hydrogen) atoms. The molecule has 0 bridgehead atoms. The SMILES string of the molecule is CCCCNC(=O)[C@@H](C)N(Cc1cccc(Br)c1)C(=O)CSCc1ccccc1F. The van der Waals surface area contributed by atoms with Crippen LogP contribution in [0.1, 0.15) is 37.8 Å². The highest BCUT2D eigenvalue weighted by Gasteiger charge is 2.26. The van der Waals surface area contributed by atoms with Crippen molar-refractivity contribution in [1.29, 1.82) is 0 Å². The van der Waals surface area contributed by atoms with E-state index in [2.05, 4.69) is 28.2 Å². The Hall–Kier alpha value is -1.86. The van der Waals surface area contributed by atoms with Gasteiger partial charge in [-0.05, 0) is 42.7 Å². The lowest BCUT2D eigenvalue weighted by atomic mass is 10.1. The highest BCUT2D eigenvalue weighted by atomic mass is 79.9. The standard InChI is InChI=1S/C23H28BrFN2O2S/c1-3-4-12-26-23(29)17(2)27(14-18-8-7-10-20(24)13-18)22(28)16-30-15-19-9-5-6-11-21(19)25/h5-11,13,17H,3-4,12,14-16H2,1-2H3,(H,26,29)/t17-/m1/s1. The molecule has 2 aromatic carbocycles. The largest absolute Gasteiger partial charge is 0.354 e. The monoisotopic (exact) mass is 494 g/mol. The Morgan fingerprint density at radius 1 is 1.20 bits per heavy atom. The van der Waals surface area contributed by atoms with E-state index in [1.807, 2.05) is 24.3 Å². The normalized spacial score (nSPS) is 11.7. The second kappa shape index (κ2) is 12.7. The summed E-state index contributed by atoms with van der Waals surface area (Å²) in [5, 5.41) is 2.91. The van der Waals surface area contributed by atoms with E-state index in [-0.39, 0.29) is 23.4 Å². The van der Waals surface area contributed by atoms with Gasteiger partial charge in [-0.3, -0.25) is 9.59 Å². The van der Waals surface area contributed by atoms with Crippen molar-refractivity contribution in [2.45, 2.75) is 45.0 Å². The van der Waals surface area contributed by atoms with Gasteiger partial charge < -0.3 is 10.2 Å². The van der Waals surface area contributed by atoms with Crippen molar-refractivity contribution in [3.63, 3.8) is 0 Å². The third-order valence-corrected chi connectivity index (χ3v) is 6.14. The Kier molecular flexibility index (Phi) is 10.4. The average molecular weight is 495 g/mol. The predicted molar refractivity (Wildman–Crippen MR) is 125 cm³/mol. The summed E-state index contributed by atoms with van der Waals surface area (Å²) in [7, 11) is 0. The summed E-state index contributed by atoms with van der Waals surface area (Å²) >= 11 is 4.80. The minimum atomic E-state index is -0.595. The van der Waals surface area contributed by atoms with E-state index >= 15 is 0 Å². The van der Waals surface area contributed by atoms with Crippen LogP contribution < -0.4 is 5.32 Å². The lowest BCUT2D eigenvalue weighted by Crippen LogP contribution is -2.48. The van der Waals surface area contributed by atoms with Crippen molar-refractivity contribution in [3.05, 3.63) is 69.9 Å². The summed E-state index contributed by atoms with van der Waals surface area (Å²) in [6.45, 7) is 4.74. The van der Waals surface area contributed by atoms with E-state index in [1.165, 1.54) is 17.8 Å². The van der Waals surface area contributed by atoms with Crippen LogP contribution >= 0.6 is 27.7 Å². The molecule has 162 valence electrons. The third kappa shape index (κ3) is 7.76. The number of carbonyl (C=O) groups is 2. The topological polar surface area (TPSA) is 49.4 Å². The van der Waals surface area contributed by atoms with Gasteiger partial charge in [0.25, 0.3) is 0 Å². The predicted octanol–water partition coefficient (Wildman–Crippen LogP) is 5.16. The van der Waals surface area contributed by atoms with E-state index in [1.54, 1.807) is 30.0 Å². The van der Waals surface area contributed by atoms with Crippen LogP contribution in [0.4, 0.5) is 4.39 Å². The van der Waals surface area contributed by atoms with Gasteiger partial charge in [0, 0.05) is 23.3 Å². The Morgan fingerprint density at radius 3 is 2.67 bits per heavy atom. The van der Waals surface area contributed by atoms with Gasteiger partial charge in [-0.15, -0.1) is 11.8 Å². The zero-order valence-electron chi connectivity index (χ0n) is 17.4. The first kappa shape index (κ1) is 24.4. The van der Waals surface area contributed by atoms with Crippen molar-refractivity contribution in [3.8, 4) is 0 Å². The molecule has 0 aliphatic rings. The summed E-state index contributed by atoms with van der Waals surface area (Å²) < 4.78 is 14.7. The molecule has 2 amide bonds. The highest BCUT2D eigenvalue weighted by molar-refractivity contribution is 9.10. The van der Waals surface area contributed by atoms with Crippen LogP contribution in [0.15, 0.2) is 53.0 Å². The molecule has 0 fully saturated rings. The van der Waals surface area contributed by atoms with E-state index in [0.717, 1.165) is 22.9 Å². The number of nitrogens with one attached hydrogen (secondary N) is 1. The summed E-state index contributed by atoms with van der Waals surface area (Å²) in [5.41, 5.74) is 1.50. The van der Waals surface area contributed by atoms with Gasteiger partial charge in [0.1, 0.15) is 11.9 Å². The number of hydrogen-bond acceptors (Lipinski definition) is 3. The number of hydrogen-bond donors (Lipinski definition) is 1. The Morgan fingerprint density at radius 2 is 1.97 bits per heavy atom. The third-order valence-electron chi connectivity index (χ3n) is 4.68. The molecule has 0 saturated carbocycles. The zero-order chi connectivity index (χ0) is 21.9. The number of benzene rings is 2. The van der Waals surface area contributed by atoms with Crippen LogP contribution in [0, 0.1) is 5.82 Å². The second-order valence-corrected chi connectivity index (χ2v) is 8.96. The molecule has 0 aliphatic heterocycles. The molecule has 0 heterocycles. The number of nitrogens with zero attached hydrogens (tertiary/aromatic N) is 1. The number of rotatable bonds is 11. The number of carbonyl (C=O) groups excluding carboxylic acids is 2. The molecule has 0 spiro atoms. The first-order valence-corrected chi connectivity index (χ1v) is 12.0. The van der Waals surface area contributed by atoms with Crippen LogP contribution in [-0.2, 0) is 21.9 Å². The summed E-state index contributed by atoms with van der Waals surface area (Å²) in [6.07, 6.45) is 1.89. The molecule has 4 nitrogen and oxygen atoms in total. The Labute approximate surface area is 190 Å². The fourth-order valence-electron chi connectivity index (χ4n) is 2.90. The Balaban J connectivity index is 2.05. The van der Waals surface area contributed by atoms with E-state index in [4.69, 9.17) is 0 Å². The molecule has 0 aromatic heterocycles. The molecule has 0 radical (unpaired) electrons. The molecule has 2 rings (SSSR count). The first-order chi connectivity index (χ1) is 14.4. The number of halogens is 2. The van der Waals surface area contributed by atoms with Crippen LogP contribution in [-0.4, -0.2) is 35.1 Å². The molecule has 0 unspecified atom stereocenters. The van der Waals surface area contributed by atoms with Gasteiger partial charge in [-0.1, -0.05) is 59.6 Å². The van der Waals surface area contributed by atoms with Crippen molar-refractivity contribution in [1.82, 2.24) is 10.2 Å². The quantitative estimate of drug-likeness (QED) is 0.439. The van der Waals surface area contributed by atoms with Crippen LogP contribution in [0.5, 0.6) is 0 Å². The smallest absolute Gasteiger partial charge is 0.242 e. The van der Waals surface area contributed by atoms with Gasteiger partial charge >= 0.3 is 0 Å². The maximum absolute atomic E-state index is 13.8. The van der Waals surface area contributed by atoms with Gasteiger partial charge in [0.05, 0.1) is 5.75 Å². The Bertz CT molecular complexity index is 849. The van der Waals surface area contributed by atoms with Crippen molar-refractivity contribution in [2.75, 3.05) is 12.3 Å². The van der Waals surface area contributed by atoms with E-state index in [0.29, 0.717) is 24.4 Å². The van der Waals surface area contributed by atoms with Gasteiger partial charge in [-0.25, -0.2) is 4.39 Å². The van der Waals surface area contributed by atoms with Gasteiger partial charge in [0.15, 0.2) is 0 Å². The molecule has 0 aliphatic carbocycles. The molecule has 2 aromatic rings. The van der Waals surface area contributed by atoms with E-state index in [9.17, 15) is 14.0 Å². The first-order valence-electron chi connectivity index (χ1n) is 10.0. The summed E-state index contributed by atoms with van der Waals surface area (Å²) in [5.74, 6) is 0.00209. The van der Waals surface area contributed by atoms with Crippen molar-refractivity contribution < 1.29 is 14.0 Å². The summed E-state index contributed by atoms with van der Waals surface area (Å²) in [4.78, 5) is 27.2. The molecule has 1 atom stereocenters. The molecule has 0 saturated heterocycles.